The Morgan fingerprint density at radius 1 is 1.19 bits per heavy atom. The summed E-state index contributed by atoms with van der Waals surface area (Å²) in [5.74, 6) is -0.423. The Morgan fingerprint density at radius 3 is 2.35 bits per heavy atom. The van der Waals surface area contributed by atoms with Crippen LogP contribution >= 0.6 is 11.6 Å². The van der Waals surface area contributed by atoms with E-state index < -0.39 is 6.04 Å². The summed E-state index contributed by atoms with van der Waals surface area (Å²) in [6.45, 7) is 6.00. The number of amides is 2. The van der Waals surface area contributed by atoms with Crippen LogP contribution in [-0.2, 0) is 9.59 Å². The Balaban J connectivity index is 2.34. The largest absolute Gasteiger partial charge is 0.351 e. The number of nitrogens with zero attached hydrogens (tertiary/aromatic N) is 1. The number of nitrogens with one attached hydrogen (secondary N) is 1. The van der Waals surface area contributed by atoms with Crippen molar-refractivity contribution in [2.24, 2.45) is 0 Å². The zero-order chi connectivity index (χ0) is 19.1. The van der Waals surface area contributed by atoms with Gasteiger partial charge in [-0.1, -0.05) is 56.0 Å². The second-order valence-corrected chi connectivity index (χ2v) is 7.62. The Kier molecular flexibility index (Phi) is 7.95. The fraction of sp³-hybridized carbons (Fsp3) is 0.619. The number of carbonyl (C=O) groups is 2. The van der Waals surface area contributed by atoms with Crippen LogP contribution in [0.15, 0.2) is 24.3 Å². The molecule has 0 radical (unpaired) electrons. The highest BCUT2D eigenvalue weighted by molar-refractivity contribution is 6.27. The van der Waals surface area contributed by atoms with Crippen molar-refractivity contribution in [1.29, 1.82) is 0 Å². The van der Waals surface area contributed by atoms with Gasteiger partial charge in [-0.05, 0) is 38.7 Å². The van der Waals surface area contributed by atoms with Crippen LogP contribution in [-0.4, -0.2) is 34.7 Å². The minimum Gasteiger partial charge on any atom is -0.351 e. The first-order valence-electron chi connectivity index (χ1n) is 9.72. The van der Waals surface area contributed by atoms with Crippen molar-refractivity contribution in [3.63, 3.8) is 0 Å². The molecular formula is C21H31ClN2O2. The van der Waals surface area contributed by atoms with Crippen molar-refractivity contribution >= 4 is 23.4 Å². The molecule has 0 heterocycles. The summed E-state index contributed by atoms with van der Waals surface area (Å²) in [4.78, 5) is 27.5. The number of benzene rings is 1. The van der Waals surface area contributed by atoms with Gasteiger partial charge in [0.1, 0.15) is 11.9 Å². The quantitative estimate of drug-likeness (QED) is 0.717. The topological polar surface area (TPSA) is 49.4 Å². The SMILES string of the molecule is CCC(C)N(C(=O)CCl)C(C(=O)NC1CCCCC1)c1ccc(C)cc1. The number of hydrogen-bond acceptors (Lipinski definition) is 2. The lowest BCUT2D eigenvalue weighted by Gasteiger charge is -2.36. The van der Waals surface area contributed by atoms with E-state index in [0.29, 0.717) is 0 Å². The average Bonchev–Trinajstić information content (AvgIpc) is 2.66. The van der Waals surface area contributed by atoms with Gasteiger partial charge in [-0.15, -0.1) is 11.6 Å². The highest BCUT2D eigenvalue weighted by atomic mass is 35.5. The Hall–Kier alpha value is -1.55. The standard InChI is InChI=1S/C21H31ClN2O2/c1-4-16(3)24(19(25)14-22)20(17-12-10-15(2)11-13-17)21(26)23-18-8-6-5-7-9-18/h10-13,16,18,20H,4-9,14H2,1-3H3,(H,23,26). The van der Waals surface area contributed by atoms with Gasteiger partial charge in [0.05, 0.1) is 0 Å². The lowest BCUT2D eigenvalue weighted by atomic mass is 9.94. The molecule has 2 atom stereocenters. The molecule has 0 aliphatic heterocycles. The van der Waals surface area contributed by atoms with Crippen LogP contribution in [0.1, 0.15) is 69.5 Å². The lowest BCUT2D eigenvalue weighted by Crippen LogP contribution is -2.50. The summed E-state index contributed by atoms with van der Waals surface area (Å²) in [6, 6.07) is 7.35. The minimum absolute atomic E-state index is 0.0651. The van der Waals surface area contributed by atoms with Crippen molar-refractivity contribution < 1.29 is 9.59 Å². The van der Waals surface area contributed by atoms with Crippen LogP contribution < -0.4 is 5.32 Å². The first kappa shape index (κ1) is 20.8. The van der Waals surface area contributed by atoms with Crippen LogP contribution in [0.25, 0.3) is 0 Å². The van der Waals surface area contributed by atoms with E-state index in [-0.39, 0.29) is 29.8 Å². The Labute approximate surface area is 162 Å². The van der Waals surface area contributed by atoms with Crippen molar-refractivity contribution in [3.05, 3.63) is 35.4 Å². The molecule has 0 spiro atoms. The number of carbonyl (C=O) groups excluding carboxylic acids is 2. The zero-order valence-corrected chi connectivity index (χ0v) is 16.9. The third-order valence-electron chi connectivity index (χ3n) is 5.34. The lowest BCUT2D eigenvalue weighted by molar-refractivity contribution is -0.141. The zero-order valence-electron chi connectivity index (χ0n) is 16.1. The van der Waals surface area contributed by atoms with E-state index in [2.05, 4.69) is 5.32 Å². The van der Waals surface area contributed by atoms with Gasteiger partial charge in [-0.3, -0.25) is 9.59 Å². The van der Waals surface area contributed by atoms with E-state index in [0.717, 1.165) is 43.2 Å². The summed E-state index contributed by atoms with van der Waals surface area (Å²) in [6.07, 6.45) is 6.32. The maximum Gasteiger partial charge on any atom is 0.247 e. The predicted octanol–water partition coefficient (Wildman–Crippen LogP) is 4.35. The first-order valence-corrected chi connectivity index (χ1v) is 10.3. The number of halogens is 1. The van der Waals surface area contributed by atoms with Crippen molar-refractivity contribution in [2.75, 3.05) is 5.88 Å². The monoisotopic (exact) mass is 378 g/mol. The normalized spacial score (nSPS) is 17.4. The van der Waals surface area contributed by atoms with Gasteiger partial charge in [0.15, 0.2) is 0 Å². The molecule has 4 nitrogen and oxygen atoms in total. The van der Waals surface area contributed by atoms with Crippen molar-refractivity contribution in [1.82, 2.24) is 10.2 Å². The van der Waals surface area contributed by atoms with Crippen molar-refractivity contribution in [2.45, 2.75) is 77.4 Å². The van der Waals surface area contributed by atoms with Gasteiger partial charge in [-0.25, -0.2) is 0 Å². The molecule has 0 aromatic heterocycles. The molecule has 1 N–H and O–H groups in total. The molecule has 1 aromatic carbocycles. The van der Waals surface area contributed by atoms with E-state index >= 15 is 0 Å². The van der Waals surface area contributed by atoms with E-state index in [1.54, 1.807) is 4.90 Å². The predicted molar refractivity (Wildman–Crippen MR) is 106 cm³/mol. The molecule has 5 heteroatoms. The van der Waals surface area contributed by atoms with Crippen LogP contribution in [0, 0.1) is 6.92 Å². The molecule has 2 unspecified atom stereocenters. The molecule has 2 rings (SSSR count). The molecular weight excluding hydrogens is 348 g/mol. The van der Waals surface area contributed by atoms with E-state index in [1.165, 1.54) is 6.42 Å². The molecule has 1 aromatic rings. The summed E-state index contributed by atoms with van der Waals surface area (Å²) < 4.78 is 0. The molecule has 2 amide bonds. The summed E-state index contributed by atoms with van der Waals surface area (Å²) in [7, 11) is 0. The van der Waals surface area contributed by atoms with Gasteiger partial charge in [0.2, 0.25) is 11.8 Å². The number of aryl methyl sites for hydroxylation is 1. The van der Waals surface area contributed by atoms with Crippen LogP contribution in [0.5, 0.6) is 0 Å². The fourth-order valence-corrected chi connectivity index (χ4v) is 3.76. The third kappa shape index (κ3) is 5.23. The Morgan fingerprint density at radius 2 is 1.81 bits per heavy atom. The van der Waals surface area contributed by atoms with Gasteiger partial charge in [0.25, 0.3) is 0 Å². The highest BCUT2D eigenvalue weighted by Gasteiger charge is 2.34. The Bertz CT molecular complexity index is 597. The van der Waals surface area contributed by atoms with Gasteiger partial charge < -0.3 is 10.2 Å². The van der Waals surface area contributed by atoms with Crippen LogP contribution in [0.4, 0.5) is 0 Å². The second kappa shape index (κ2) is 9.96. The smallest absolute Gasteiger partial charge is 0.247 e. The number of rotatable bonds is 7. The molecule has 144 valence electrons. The van der Waals surface area contributed by atoms with E-state index in [1.807, 2.05) is 45.0 Å². The molecule has 0 saturated heterocycles. The van der Waals surface area contributed by atoms with Crippen LogP contribution in [0.3, 0.4) is 0 Å². The van der Waals surface area contributed by atoms with E-state index in [9.17, 15) is 9.59 Å². The maximum absolute atomic E-state index is 13.2. The van der Waals surface area contributed by atoms with E-state index in [4.69, 9.17) is 11.6 Å². The number of hydrogen-bond donors (Lipinski definition) is 1. The second-order valence-electron chi connectivity index (χ2n) is 7.35. The van der Waals surface area contributed by atoms with Gasteiger partial charge in [0, 0.05) is 12.1 Å². The third-order valence-corrected chi connectivity index (χ3v) is 5.57. The maximum atomic E-state index is 13.2. The molecule has 1 aliphatic rings. The summed E-state index contributed by atoms with van der Waals surface area (Å²) >= 11 is 5.88. The minimum atomic E-state index is -0.640. The first-order chi connectivity index (χ1) is 12.5. The molecule has 1 aliphatic carbocycles. The summed E-state index contributed by atoms with van der Waals surface area (Å²) in [5, 5.41) is 3.19. The number of alkyl halides is 1. The molecule has 0 bridgehead atoms. The molecule has 26 heavy (non-hydrogen) atoms. The summed E-state index contributed by atoms with van der Waals surface area (Å²) in [5.41, 5.74) is 1.96. The van der Waals surface area contributed by atoms with Gasteiger partial charge in [-0.2, -0.15) is 0 Å². The highest BCUT2D eigenvalue weighted by Crippen LogP contribution is 2.27. The van der Waals surface area contributed by atoms with Crippen molar-refractivity contribution in [3.8, 4) is 0 Å². The fourth-order valence-electron chi connectivity index (χ4n) is 3.62. The molecule has 1 saturated carbocycles. The molecule has 1 fully saturated rings. The average molecular weight is 379 g/mol. The van der Waals surface area contributed by atoms with Gasteiger partial charge >= 0.3 is 0 Å². The van der Waals surface area contributed by atoms with Crippen LogP contribution in [0.2, 0.25) is 0 Å².